The van der Waals surface area contributed by atoms with Crippen LogP contribution in [-0.2, 0) is 17.8 Å². The van der Waals surface area contributed by atoms with Gasteiger partial charge < -0.3 is 10.2 Å². The molecule has 0 spiro atoms. The summed E-state index contributed by atoms with van der Waals surface area (Å²) in [5, 5.41) is 8.12. The molecule has 174 valence electrons. The van der Waals surface area contributed by atoms with Gasteiger partial charge in [0.15, 0.2) is 0 Å². The molecule has 1 aliphatic rings. The summed E-state index contributed by atoms with van der Waals surface area (Å²) in [6.45, 7) is 6.05. The number of benzene rings is 1. The molecule has 8 nitrogen and oxygen atoms in total. The number of thioether (sulfide) groups is 1. The Kier molecular flexibility index (Phi) is 7.27. The molecular formula is C24H30N6O2S. The van der Waals surface area contributed by atoms with Gasteiger partial charge >= 0.3 is 0 Å². The Morgan fingerprint density at radius 3 is 2.48 bits per heavy atom. The van der Waals surface area contributed by atoms with E-state index in [0.717, 1.165) is 48.4 Å². The topological polar surface area (TPSA) is 92.5 Å². The number of nitrogens with zero attached hydrogens (tertiary/aromatic N) is 5. The molecule has 0 unspecified atom stereocenters. The van der Waals surface area contributed by atoms with Crippen molar-refractivity contribution in [2.75, 3.05) is 19.3 Å². The molecule has 1 aliphatic heterocycles. The Labute approximate surface area is 198 Å². The van der Waals surface area contributed by atoms with E-state index in [0.29, 0.717) is 35.9 Å². The van der Waals surface area contributed by atoms with Gasteiger partial charge in [0.25, 0.3) is 11.7 Å². The van der Waals surface area contributed by atoms with Crippen molar-refractivity contribution < 1.29 is 9.59 Å². The van der Waals surface area contributed by atoms with Crippen molar-refractivity contribution in [3.8, 4) is 0 Å². The smallest absolute Gasteiger partial charge is 0.253 e. The molecule has 3 heterocycles. The molecule has 2 amide bonds. The summed E-state index contributed by atoms with van der Waals surface area (Å²) in [7, 11) is 0. The Morgan fingerprint density at radius 2 is 1.79 bits per heavy atom. The number of hydrogen-bond donors (Lipinski definition) is 1. The Bertz CT molecular complexity index is 1150. The maximum atomic E-state index is 12.6. The average molecular weight is 467 g/mol. The van der Waals surface area contributed by atoms with Gasteiger partial charge in [0.2, 0.25) is 11.1 Å². The number of rotatable bonds is 7. The fraction of sp³-hybridized carbons (Fsp3) is 0.458. The first kappa shape index (κ1) is 23.2. The lowest BCUT2D eigenvalue weighted by Gasteiger charge is -2.26. The molecule has 0 atom stereocenters. The highest BCUT2D eigenvalue weighted by Gasteiger charge is 2.18. The van der Waals surface area contributed by atoms with Crippen LogP contribution in [0.25, 0.3) is 5.78 Å². The summed E-state index contributed by atoms with van der Waals surface area (Å²) >= 11 is 1.48. The van der Waals surface area contributed by atoms with Crippen molar-refractivity contribution in [2.24, 2.45) is 0 Å². The van der Waals surface area contributed by atoms with Gasteiger partial charge in [-0.25, -0.2) is 9.50 Å². The maximum absolute atomic E-state index is 12.6. The summed E-state index contributed by atoms with van der Waals surface area (Å²) in [6.07, 6.45) is 6.25. The lowest BCUT2D eigenvalue weighted by molar-refractivity contribution is -0.121. The number of fused-ring (bicyclic) bond motifs is 1. The lowest BCUT2D eigenvalue weighted by atomic mass is 10.1. The zero-order valence-corrected chi connectivity index (χ0v) is 20.2. The molecule has 0 radical (unpaired) electrons. The van der Waals surface area contributed by atoms with Crippen molar-refractivity contribution in [3.63, 3.8) is 0 Å². The third-order valence-corrected chi connectivity index (χ3v) is 6.69. The molecule has 0 aliphatic carbocycles. The number of aryl methyl sites for hydroxylation is 2. The van der Waals surface area contributed by atoms with Crippen LogP contribution in [0.4, 0.5) is 0 Å². The van der Waals surface area contributed by atoms with E-state index < -0.39 is 0 Å². The number of nitrogens with one attached hydrogen (secondary N) is 1. The third-order valence-electron chi connectivity index (χ3n) is 6.15. The van der Waals surface area contributed by atoms with Crippen LogP contribution in [0.3, 0.4) is 0 Å². The van der Waals surface area contributed by atoms with Crippen molar-refractivity contribution >= 4 is 29.4 Å². The van der Waals surface area contributed by atoms with E-state index in [-0.39, 0.29) is 11.8 Å². The number of amides is 2. The second-order valence-corrected chi connectivity index (χ2v) is 9.17. The van der Waals surface area contributed by atoms with Crippen LogP contribution in [0, 0.1) is 13.8 Å². The summed E-state index contributed by atoms with van der Waals surface area (Å²) in [4.78, 5) is 35.9. The van der Waals surface area contributed by atoms with Crippen LogP contribution in [0.15, 0.2) is 29.4 Å². The zero-order valence-electron chi connectivity index (χ0n) is 19.4. The number of piperidine rings is 1. The normalized spacial score (nSPS) is 14.0. The van der Waals surface area contributed by atoms with E-state index in [2.05, 4.69) is 20.4 Å². The Morgan fingerprint density at radius 1 is 1.06 bits per heavy atom. The molecule has 0 bridgehead atoms. The molecule has 1 aromatic carbocycles. The monoisotopic (exact) mass is 466 g/mol. The fourth-order valence-electron chi connectivity index (χ4n) is 4.21. The van der Waals surface area contributed by atoms with E-state index >= 15 is 0 Å². The van der Waals surface area contributed by atoms with Gasteiger partial charge in [-0.05, 0) is 69.0 Å². The fourth-order valence-corrected chi connectivity index (χ4v) is 4.55. The number of likely N-dealkylation sites (tertiary alicyclic amines) is 1. The second-order valence-electron chi connectivity index (χ2n) is 8.40. The Balaban J connectivity index is 1.31. The molecule has 1 saturated heterocycles. The highest BCUT2D eigenvalue weighted by Crippen LogP contribution is 2.18. The average Bonchev–Trinajstić information content (AvgIpc) is 3.26. The van der Waals surface area contributed by atoms with Crippen LogP contribution in [0.2, 0.25) is 0 Å². The summed E-state index contributed by atoms with van der Waals surface area (Å²) < 4.78 is 1.75. The molecule has 3 aromatic rings. The van der Waals surface area contributed by atoms with Crippen LogP contribution in [0.5, 0.6) is 0 Å². The minimum absolute atomic E-state index is 0.0224. The highest BCUT2D eigenvalue weighted by atomic mass is 32.2. The van der Waals surface area contributed by atoms with E-state index in [4.69, 9.17) is 0 Å². The zero-order chi connectivity index (χ0) is 23.4. The van der Waals surface area contributed by atoms with E-state index in [9.17, 15) is 9.59 Å². The number of carbonyl (C=O) groups is 2. The van der Waals surface area contributed by atoms with E-state index in [1.54, 1.807) is 4.52 Å². The van der Waals surface area contributed by atoms with E-state index in [1.807, 2.05) is 49.3 Å². The minimum Gasteiger partial charge on any atom is -0.352 e. The van der Waals surface area contributed by atoms with Gasteiger partial charge in [-0.1, -0.05) is 23.9 Å². The first-order chi connectivity index (χ1) is 16.0. The lowest BCUT2D eigenvalue weighted by Crippen LogP contribution is -2.35. The van der Waals surface area contributed by atoms with Crippen molar-refractivity contribution in [1.82, 2.24) is 29.8 Å². The quantitative estimate of drug-likeness (QED) is 0.537. The summed E-state index contributed by atoms with van der Waals surface area (Å²) in [6, 6.07) is 7.54. The highest BCUT2D eigenvalue weighted by molar-refractivity contribution is 7.98. The maximum Gasteiger partial charge on any atom is 0.253 e. The van der Waals surface area contributed by atoms with Crippen LogP contribution >= 0.6 is 11.8 Å². The summed E-state index contributed by atoms with van der Waals surface area (Å²) in [5.41, 5.74) is 4.55. The SMILES string of the molecule is CSc1nc2nc(C)c(CCC(=O)NCc3ccc(C(=O)N4CCCCC4)cc3)c(C)n2n1. The summed E-state index contributed by atoms with van der Waals surface area (Å²) in [5.74, 6) is 0.661. The first-order valence-corrected chi connectivity index (χ1v) is 12.6. The van der Waals surface area contributed by atoms with Gasteiger partial charge in [0.1, 0.15) is 0 Å². The third kappa shape index (κ3) is 5.35. The first-order valence-electron chi connectivity index (χ1n) is 11.4. The number of hydrogen-bond acceptors (Lipinski definition) is 6. The van der Waals surface area contributed by atoms with Crippen LogP contribution < -0.4 is 5.32 Å². The van der Waals surface area contributed by atoms with Crippen molar-refractivity contribution in [2.45, 2.75) is 57.7 Å². The van der Waals surface area contributed by atoms with Crippen molar-refractivity contribution in [3.05, 3.63) is 52.3 Å². The second kappa shape index (κ2) is 10.3. The minimum atomic E-state index is -0.0224. The molecule has 4 rings (SSSR count). The molecule has 9 heteroatoms. The standard InChI is InChI=1S/C24H30N6O2S/c1-16-20(17(2)30-23(26-16)27-24(28-30)33-3)11-12-21(31)25-15-18-7-9-19(10-8-18)22(32)29-13-5-4-6-14-29/h7-10H,4-6,11-15H2,1-3H3,(H,25,31). The molecule has 1 fully saturated rings. The number of carbonyl (C=O) groups excluding carboxylic acids is 2. The molecule has 0 saturated carbocycles. The van der Waals surface area contributed by atoms with Gasteiger partial charge in [-0.15, -0.1) is 5.10 Å². The molecule has 1 N–H and O–H groups in total. The predicted octanol–water partition coefficient (Wildman–Crippen LogP) is 3.34. The predicted molar refractivity (Wildman–Crippen MR) is 128 cm³/mol. The number of aromatic nitrogens is 4. The van der Waals surface area contributed by atoms with Gasteiger partial charge in [-0.3, -0.25) is 9.59 Å². The van der Waals surface area contributed by atoms with Gasteiger partial charge in [0, 0.05) is 43.0 Å². The van der Waals surface area contributed by atoms with Gasteiger partial charge in [0.05, 0.1) is 0 Å². The Hall–Kier alpha value is -2.94. The molecular weight excluding hydrogens is 436 g/mol. The van der Waals surface area contributed by atoms with Crippen molar-refractivity contribution in [1.29, 1.82) is 0 Å². The van der Waals surface area contributed by atoms with Crippen LogP contribution in [0.1, 0.15) is 58.6 Å². The molecule has 33 heavy (non-hydrogen) atoms. The van der Waals surface area contributed by atoms with E-state index in [1.165, 1.54) is 18.2 Å². The van der Waals surface area contributed by atoms with Crippen LogP contribution in [-0.4, -0.2) is 55.6 Å². The van der Waals surface area contributed by atoms with Gasteiger partial charge in [-0.2, -0.15) is 4.98 Å². The molecule has 2 aromatic heterocycles. The largest absolute Gasteiger partial charge is 0.352 e.